The zero-order valence-electron chi connectivity index (χ0n) is 12.2. The molecule has 0 saturated heterocycles. The number of sulfonamides is 1. The lowest BCUT2D eigenvalue weighted by molar-refractivity contribution is 0.294. The maximum Gasteiger partial charge on any atom is 0.216 e. The second kappa shape index (κ2) is 8.73. The molecule has 0 heterocycles. The van der Waals surface area contributed by atoms with Crippen molar-refractivity contribution in [2.75, 3.05) is 6.54 Å². The van der Waals surface area contributed by atoms with E-state index in [9.17, 15) is 8.42 Å². The van der Waals surface area contributed by atoms with Gasteiger partial charge >= 0.3 is 0 Å². The average molecular weight is 333 g/mol. The summed E-state index contributed by atoms with van der Waals surface area (Å²) in [4.78, 5) is 0. The van der Waals surface area contributed by atoms with Crippen molar-refractivity contribution in [1.82, 2.24) is 4.72 Å². The van der Waals surface area contributed by atoms with Crippen LogP contribution in [0.2, 0.25) is 0 Å². The Morgan fingerprint density at radius 3 is 2.33 bits per heavy atom. The van der Waals surface area contributed by atoms with Crippen LogP contribution < -0.4 is 10.5 Å². The monoisotopic (exact) mass is 332 g/mol. The van der Waals surface area contributed by atoms with Gasteiger partial charge in [-0.2, -0.15) is 0 Å². The summed E-state index contributed by atoms with van der Waals surface area (Å²) >= 11 is 0. The number of nitrogens with one attached hydrogen (secondary N) is 1. The second-order valence-electron chi connectivity index (χ2n) is 5.60. The molecule has 120 valence electrons. The molecule has 2 rings (SSSR count). The molecule has 0 aliphatic heterocycles. The van der Waals surface area contributed by atoms with Crippen LogP contribution in [0.4, 0.5) is 0 Å². The summed E-state index contributed by atoms with van der Waals surface area (Å²) in [5.41, 5.74) is 6.58. The lowest BCUT2D eigenvalue weighted by Crippen LogP contribution is -2.46. The van der Waals surface area contributed by atoms with Gasteiger partial charge in [0, 0.05) is 12.6 Å². The fourth-order valence-electron chi connectivity index (χ4n) is 2.94. The molecule has 0 aromatic heterocycles. The molecule has 0 radical (unpaired) electrons. The largest absolute Gasteiger partial charge is 0.329 e. The predicted octanol–water partition coefficient (Wildman–Crippen LogP) is 2.44. The molecular formula is C15H25ClN2O2S. The smallest absolute Gasteiger partial charge is 0.216 e. The lowest BCUT2D eigenvalue weighted by atomic mass is 9.84. The van der Waals surface area contributed by atoms with E-state index in [2.05, 4.69) is 4.72 Å². The normalized spacial score (nSPS) is 18.0. The SMILES string of the molecule is Cl.NCC(NS(=O)(=O)Cc1ccccc1)C1CCCCC1. The number of hydrogen-bond donors (Lipinski definition) is 2. The van der Waals surface area contributed by atoms with Gasteiger partial charge < -0.3 is 5.73 Å². The highest BCUT2D eigenvalue weighted by Gasteiger charge is 2.26. The van der Waals surface area contributed by atoms with Crippen molar-refractivity contribution in [3.63, 3.8) is 0 Å². The fraction of sp³-hybridized carbons (Fsp3) is 0.600. The molecule has 1 fully saturated rings. The molecular weight excluding hydrogens is 308 g/mol. The van der Waals surface area contributed by atoms with Crippen molar-refractivity contribution in [3.8, 4) is 0 Å². The summed E-state index contributed by atoms with van der Waals surface area (Å²) in [6.07, 6.45) is 5.78. The van der Waals surface area contributed by atoms with Gasteiger partial charge in [-0.05, 0) is 24.3 Å². The van der Waals surface area contributed by atoms with Crippen LogP contribution in [0, 0.1) is 5.92 Å². The van der Waals surface area contributed by atoms with E-state index in [0.717, 1.165) is 18.4 Å². The molecule has 21 heavy (non-hydrogen) atoms. The van der Waals surface area contributed by atoms with Gasteiger partial charge in [0.05, 0.1) is 5.75 Å². The van der Waals surface area contributed by atoms with E-state index in [-0.39, 0.29) is 24.2 Å². The maximum absolute atomic E-state index is 12.2. The van der Waals surface area contributed by atoms with Crippen LogP contribution in [0.5, 0.6) is 0 Å². The van der Waals surface area contributed by atoms with Crippen molar-refractivity contribution >= 4 is 22.4 Å². The van der Waals surface area contributed by atoms with Gasteiger partial charge in [0.2, 0.25) is 10.0 Å². The van der Waals surface area contributed by atoms with Gasteiger partial charge in [-0.3, -0.25) is 0 Å². The van der Waals surface area contributed by atoms with E-state index in [1.165, 1.54) is 19.3 Å². The van der Waals surface area contributed by atoms with Crippen LogP contribution >= 0.6 is 12.4 Å². The number of rotatable bonds is 6. The Bertz CT molecular complexity index is 502. The van der Waals surface area contributed by atoms with Crippen molar-refractivity contribution in [1.29, 1.82) is 0 Å². The molecule has 1 aromatic carbocycles. The van der Waals surface area contributed by atoms with Gasteiger partial charge in [-0.1, -0.05) is 49.6 Å². The molecule has 1 unspecified atom stereocenters. The van der Waals surface area contributed by atoms with Crippen molar-refractivity contribution < 1.29 is 8.42 Å². The van der Waals surface area contributed by atoms with Gasteiger partial charge in [-0.25, -0.2) is 13.1 Å². The van der Waals surface area contributed by atoms with Gasteiger partial charge in [0.15, 0.2) is 0 Å². The molecule has 1 aromatic rings. The number of benzene rings is 1. The van der Waals surface area contributed by atoms with Crippen LogP contribution in [-0.4, -0.2) is 21.0 Å². The van der Waals surface area contributed by atoms with Gasteiger partial charge in [0.25, 0.3) is 0 Å². The van der Waals surface area contributed by atoms with E-state index in [0.29, 0.717) is 12.5 Å². The first-order chi connectivity index (χ1) is 9.61. The van der Waals surface area contributed by atoms with E-state index in [4.69, 9.17) is 5.73 Å². The first-order valence-electron chi connectivity index (χ1n) is 7.35. The Morgan fingerprint density at radius 2 is 1.76 bits per heavy atom. The number of hydrogen-bond acceptors (Lipinski definition) is 3. The zero-order valence-corrected chi connectivity index (χ0v) is 13.8. The summed E-state index contributed by atoms with van der Waals surface area (Å²) in [5, 5.41) is 0. The highest BCUT2D eigenvalue weighted by Crippen LogP contribution is 2.26. The molecule has 0 amide bonds. The van der Waals surface area contributed by atoms with Crippen LogP contribution in [0.15, 0.2) is 30.3 Å². The van der Waals surface area contributed by atoms with E-state index in [1.54, 1.807) is 0 Å². The summed E-state index contributed by atoms with van der Waals surface area (Å²) in [6, 6.07) is 9.13. The molecule has 1 atom stereocenters. The van der Waals surface area contributed by atoms with Crippen molar-refractivity contribution in [3.05, 3.63) is 35.9 Å². The Labute approximate surface area is 134 Å². The first kappa shape index (κ1) is 18.4. The highest BCUT2D eigenvalue weighted by atomic mass is 35.5. The Balaban J connectivity index is 0.00000220. The van der Waals surface area contributed by atoms with Crippen molar-refractivity contribution in [2.45, 2.75) is 43.9 Å². The van der Waals surface area contributed by atoms with Crippen LogP contribution in [0.3, 0.4) is 0 Å². The summed E-state index contributed by atoms with van der Waals surface area (Å²) < 4.78 is 27.3. The standard InChI is InChI=1S/C15H24N2O2S.ClH/c16-11-15(14-9-5-2-6-10-14)17-20(18,19)12-13-7-3-1-4-8-13;/h1,3-4,7-8,14-15,17H,2,5-6,9-12,16H2;1H. The third-order valence-electron chi connectivity index (χ3n) is 4.00. The third kappa shape index (κ3) is 5.94. The Hall–Kier alpha value is -0.620. The van der Waals surface area contributed by atoms with E-state index < -0.39 is 10.0 Å². The Morgan fingerprint density at radius 1 is 1.14 bits per heavy atom. The summed E-state index contributed by atoms with van der Waals surface area (Å²) in [6.45, 7) is 0.374. The van der Waals surface area contributed by atoms with Crippen molar-refractivity contribution in [2.24, 2.45) is 11.7 Å². The molecule has 3 N–H and O–H groups in total. The van der Waals surface area contributed by atoms with Gasteiger partial charge in [0.1, 0.15) is 0 Å². The van der Waals surface area contributed by atoms with E-state index in [1.807, 2.05) is 30.3 Å². The van der Waals surface area contributed by atoms with Crippen LogP contribution in [0.1, 0.15) is 37.7 Å². The topological polar surface area (TPSA) is 72.2 Å². The highest BCUT2D eigenvalue weighted by molar-refractivity contribution is 7.88. The van der Waals surface area contributed by atoms with Crippen LogP contribution in [0.25, 0.3) is 0 Å². The minimum atomic E-state index is -3.33. The maximum atomic E-state index is 12.2. The number of nitrogens with two attached hydrogens (primary N) is 1. The molecule has 1 saturated carbocycles. The fourth-order valence-corrected chi connectivity index (χ4v) is 4.40. The zero-order chi connectivity index (χ0) is 14.4. The van der Waals surface area contributed by atoms with E-state index >= 15 is 0 Å². The van der Waals surface area contributed by atoms with Crippen LogP contribution in [-0.2, 0) is 15.8 Å². The molecule has 1 aliphatic rings. The molecule has 4 nitrogen and oxygen atoms in total. The number of halogens is 1. The molecule has 0 bridgehead atoms. The summed E-state index contributed by atoms with van der Waals surface area (Å²) in [7, 11) is -3.33. The first-order valence-corrected chi connectivity index (χ1v) is 9.00. The lowest BCUT2D eigenvalue weighted by Gasteiger charge is -2.29. The quantitative estimate of drug-likeness (QED) is 0.840. The molecule has 1 aliphatic carbocycles. The molecule has 6 heteroatoms. The minimum Gasteiger partial charge on any atom is -0.329 e. The second-order valence-corrected chi connectivity index (χ2v) is 7.36. The summed E-state index contributed by atoms with van der Waals surface area (Å²) in [5.74, 6) is 0.413. The third-order valence-corrected chi connectivity index (χ3v) is 5.38. The predicted molar refractivity (Wildman–Crippen MR) is 88.9 cm³/mol. The average Bonchev–Trinajstić information content (AvgIpc) is 2.46. The Kier molecular flexibility index (Phi) is 7.66. The minimum absolute atomic E-state index is 0. The molecule has 0 spiro atoms. The van der Waals surface area contributed by atoms with Gasteiger partial charge in [-0.15, -0.1) is 12.4 Å².